The lowest BCUT2D eigenvalue weighted by molar-refractivity contribution is -0.157. The lowest BCUT2D eigenvalue weighted by Crippen LogP contribution is -2.67. The van der Waals surface area contributed by atoms with Crippen LogP contribution in [0.2, 0.25) is 0 Å². The number of nitrogens with one attached hydrogen (secondary N) is 2. The number of hydrogen-bond acceptors (Lipinski definition) is 14. The van der Waals surface area contributed by atoms with Gasteiger partial charge in [0.05, 0.1) is 0 Å². The van der Waals surface area contributed by atoms with Crippen molar-refractivity contribution in [1.29, 1.82) is 0 Å². The number of hydrogen-bond donors (Lipinski definition) is 10. The molecule has 2 saturated heterocycles. The number of carboxylic acids is 2. The van der Waals surface area contributed by atoms with Crippen LogP contribution < -0.4 is 28.0 Å². The molecule has 12 N–H and O–H groups in total. The summed E-state index contributed by atoms with van der Waals surface area (Å²) >= 11 is 0. The van der Waals surface area contributed by atoms with Crippen LogP contribution in [-0.2, 0) is 23.9 Å². The van der Waals surface area contributed by atoms with E-state index in [-0.39, 0.29) is 6.54 Å². The number of aromatic nitrogens is 2. The highest BCUT2D eigenvalue weighted by atomic mass is 16.6. The predicted octanol–water partition coefficient (Wildman–Crippen LogP) is -6.28. The number of ether oxygens (including phenoxy) is 2. The molecule has 2 aliphatic rings. The molecule has 0 spiro atoms. The molecule has 1 aromatic heterocycles. The van der Waals surface area contributed by atoms with Crippen molar-refractivity contribution < 1.29 is 64.1 Å². The first-order valence-electron chi connectivity index (χ1n) is 12.6. The molecule has 0 radical (unpaired) electrons. The number of aromatic amines is 1. The van der Waals surface area contributed by atoms with Crippen molar-refractivity contribution in [3.63, 3.8) is 0 Å². The molecule has 0 aromatic carbocycles. The number of primary amides is 1. The summed E-state index contributed by atoms with van der Waals surface area (Å²) in [5.41, 5.74) is 7.25. The van der Waals surface area contributed by atoms with Gasteiger partial charge >= 0.3 is 23.7 Å². The zero-order valence-corrected chi connectivity index (χ0v) is 22.7. The Labute approximate surface area is 244 Å². The minimum atomic E-state index is -2.13. The molecule has 44 heavy (non-hydrogen) atoms. The van der Waals surface area contributed by atoms with Crippen molar-refractivity contribution in [3.05, 3.63) is 44.2 Å². The molecule has 3 amide bonds. The first-order chi connectivity index (χ1) is 20.5. The number of carbonyl (C=O) groups is 5. The molecule has 0 bridgehead atoms. The predicted molar refractivity (Wildman–Crippen MR) is 139 cm³/mol. The van der Waals surface area contributed by atoms with Crippen LogP contribution in [-0.4, -0.2) is 137 Å². The van der Waals surface area contributed by atoms with Crippen molar-refractivity contribution in [2.75, 3.05) is 13.2 Å². The highest BCUT2D eigenvalue weighted by molar-refractivity contribution is 5.95. The Balaban J connectivity index is 1.97. The van der Waals surface area contributed by atoms with Crippen LogP contribution in [0, 0.1) is 0 Å². The Bertz CT molecular complexity index is 1470. The summed E-state index contributed by atoms with van der Waals surface area (Å²) in [5.74, 6) is -5.79. The van der Waals surface area contributed by atoms with Gasteiger partial charge in [-0.1, -0.05) is 6.08 Å². The highest BCUT2D eigenvalue weighted by Gasteiger charge is 2.54. The van der Waals surface area contributed by atoms with Crippen LogP contribution in [0.15, 0.2) is 27.4 Å². The average Bonchev–Trinajstić information content (AvgIpc) is 3.21. The monoisotopic (exact) mass is 630 g/mol. The number of H-pyrrole nitrogens is 1. The van der Waals surface area contributed by atoms with Crippen LogP contribution in [0.4, 0.5) is 4.79 Å². The number of aliphatic hydroxyl groups excluding tert-OH is 4. The molecule has 3 rings (SSSR count). The normalized spacial score (nSPS) is 26.6. The van der Waals surface area contributed by atoms with E-state index in [1.54, 1.807) is 4.98 Å². The van der Waals surface area contributed by atoms with Gasteiger partial charge in [-0.3, -0.25) is 23.9 Å². The van der Waals surface area contributed by atoms with E-state index in [1.165, 1.54) is 13.0 Å². The third kappa shape index (κ3) is 6.61. The van der Waals surface area contributed by atoms with Gasteiger partial charge in [0.15, 0.2) is 12.3 Å². The number of amides is 3. The van der Waals surface area contributed by atoms with Crippen LogP contribution in [0.5, 0.6) is 0 Å². The van der Waals surface area contributed by atoms with Crippen molar-refractivity contribution >= 4 is 29.8 Å². The zero-order chi connectivity index (χ0) is 33.2. The molecule has 0 aliphatic carbocycles. The molecule has 9 unspecified atom stereocenters. The van der Waals surface area contributed by atoms with Crippen LogP contribution in [0.3, 0.4) is 0 Å². The topological polar surface area (TPSA) is 347 Å². The lowest BCUT2D eigenvalue weighted by atomic mass is 9.92. The van der Waals surface area contributed by atoms with Crippen LogP contribution >= 0.6 is 0 Å². The molecule has 2 aliphatic heterocycles. The van der Waals surface area contributed by atoms with Crippen molar-refractivity contribution in [2.45, 2.75) is 61.8 Å². The Kier molecular flexibility index (Phi) is 10.2. The number of aliphatic hydroxyl groups is 4. The summed E-state index contributed by atoms with van der Waals surface area (Å²) in [6.07, 6.45) is -11.6. The SMILES string of the molecule is C/C=C1\CN(C(=O)C(NC(=O)C(N)C(O)C(O)COC(N)=O)C2OC(n3cc(C(=O)O)c(=O)[nH]c3=O)C(O)C2O)C1C(=O)O. The Morgan fingerprint density at radius 3 is 2.36 bits per heavy atom. The second-order valence-electron chi connectivity index (χ2n) is 9.76. The maximum absolute atomic E-state index is 13.6. The quantitative estimate of drug-likeness (QED) is 0.102. The molecule has 9 atom stereocenters. The van der Waals surface area contributed by atoms with Gasteiger partial charge in [0.1, 0.15) is 54.8 Å². The lowest BCUT2D eigenvalue weighted by Gasteiger charge is -2.43. The largest absolute Gasteiger partial charge is 0.479 e. The van der Waals surface area contributed by atoms with Gasteiger partial charge in [0.2, 0.25) is 11.8 Å². The van der Waals surface area contributed by atoms with E-state index in [9.17, 15) is 64.2 Å². The van der Waals surface area contributed by atoms with E-state index in [0.29, 0.717) is 16.3 Å². The number of carboxylic acid groups (broad SMARTS) is 2. The fourth-order valence-electron chi connectivity index (χ4n) is 4.60. The maximum Gasteiger partial charge on any atom is 0.404 e. The van der Waals surface area contributed by atoms with E-state index >= 15 is 0 Å². The molecule has 2 fully saturated rings. The number of nitrogens with zero attached hydrogens (tertiary/aromatic N) is 2. The van der Waals surface area contributed by atoms with Gasteiger partial charge in [-0.25, -0.2) is 19.2 Å². The molecular formula is C23H30N6O15. The fraction of sp³-hybridized carbons (Fsp3) is 0.522. The van der Waals surface area contributed by atoms with E-state index in [0.717, 1.165) is 4.90 Å². The van der Waals surface area contributed by atoms with Crippen molar-refractivity contribution in [3.8, 4) is 0 Å². The molecule has 21 heteroatoms. The zero-order valence-electron chi connectivity index (χ0n) is 22.7. The van der Waals surface area contributed by atoms with E-state index < -0.39 is 108 Å². The summed E-state index contributed by atoms with van der Waals surface area (Å²) in [4.78, 5) is 87.4. The third-order valence-electron chi connectivity index (χ3n) is 7.00. The summed E-state index contributed by atoms with van der Waals surface area (Å²) in [6, 6.07) is -5.63. The fourth-order valence-corrected chi connectivity index (χ4v) is 4.60. The smallest absolute Gasteiger partial charge is 0.404 e. The number of aromatic carboxylic acids is 1. The van der Waals surface area contributed by atoms with Gasteiger partial charge in [-0.2, -0.15) is 0 Å². The van der Waals surface area contributed by atoms with E-state index in [2.05, 4.69) is 10.1 Å². The second kappa shape index (κ2) is 13.3. The molecule has 242 valence electrons. The first-order valence-corrected chi connectivity index (χ1v) is 12.6. The molecule has 21 nitrogen and oxygen atoms in total. The molecule has 3 heterocycles. The molecular weight excluding hydrogens is 600 g/mol. The highest BCUT2D eigenvalue weighted by Crippen LogP contribution is 2.33. The van der Waals surface area contributed by atoms with Gasteiger partial charge in [0, 0.05) is 12.7 Å². The minimum absolute atomic E-state index is 0.243. The number of likely N-dealkylation sites (tertiary alicyclic amines) is 1. The van der Waals surface area contributed by atoms with Gasteiger partial charge in [-0.05, 0) is 12.5 Å². The van der Waals surface area contributed by atoms with Gasteiger partial charge < -0.3 is 61.8 Å². The number of nitrogens with two attached hydrogens (primary N) is 2. The van der Waals surface area contributed by atoms with E-state index in [1.807, 2.05) is 0 Å². The number of carbonyl (C=O) groups excluding carboxylic acids is 3. The summed E-state index contributed by atoms with van der Waals surface area (Å²) in [7, 11) is 0. The second-order valence-corrected chi connectivity index (χ2v) is 9.76. The van der Waals surface area contributed by atoms with Gasteiger partial charge in [-0.15, -0.1) is 0 Å². The molecule has 0 saturated carbocycles. The average molecular weight is 631 g/mol. The van der Waals surface area contributed by atoms with E-state index in [4.69, 9.17) is 16.2 Å². The Morgan fingerprint density at radius 1 is 1.18 bits per heavy atom. The first kappa shape index (κ1) is 33.8. The van der Waals surface area contributed by atoms with Crippen LogP contribution in [0.25, 0.3) is 0 Å². The maximum atomic E-state index is 13.6. The Morgan fingerprint density at radius 2 is 1.82 bits per heavy atom. The summed E-state index contributed by atoms with van der Waals surface area (Å²) in [5, 5.41) is 62.7. The van der Waals surface area contributed by atoms with Crippen molar-refractivity contribution in [2.24, 2.45) is 11.5 Å². The summed E-state index contributed by atoms with van der Waals surface area (Å²) in [6.45, 7) is 0.384. The Hall–Kier alpha value is -4.67. The standard InChI is InChI=1S/C23H30N6O15/c1-2-6-3-28(11(6)21(39)40)18(36)10(26-17(35)9(24)12(31)8(30)5-43-22(25)41)15-13(32)14(33)19(44-15)29-4-7(20(37)38)16(34)27-23(29)42/h2,4,8-15,19,30-33H,3,5,24H2,1H3,(H2,25,41)(H,26,35)(H,37,38)(H,39,40)(H,27,34,42)/b6-2+. The van der Waals surface area contributed by atoms with Gasteiger partial charge in [0.25, 0.3) is 5.56 Å². The minimum Gasteiger partial charge on any atom is -0.479 e. The number of rotatable bonds is 11. The number of allylic oxidation sites excluding steroid dienone is 1. The number of aliphatic carboxylic acids is 1. The third-order valence-corrected chi connectivity index (χ3v) is 7.00. The summed E-state index contributed by atoms with van der Waals surface area (Å²) < 4.78 is 10.3. The van der Waals surface area contributed by atoms with Crippen molar-refractivity contribution in [1.82, 2.24) is 19.8 Å². The molecule has 1 aromatic rings. The van der Waals surface area contributed by atoms with Crippen LogP contribution in [0.1, 0.15) is 23.5 Å².